The first-order valence-electron chi connectivity index (χ1n) is 11.9. The highest BCUT2D eigenvalue weighted by Crippen LogP contribution is 2.26. The van der Waals surface area contributed by atoms with E-state index in [1.165, 1.54) is 29.2 Å². The second-order valence-electron chi connectivity index (χ2n) is 9.32. The van der Waals surface area contributed by atoms with Gasteiger partial charge in [-0.3, -0.25) is 24.0 Å². The van der Waals surface area contributed by atoms with Gasteiger partial charge in [0.1, 0.15) is 6.54 Å². The van der Waals surface area contributed by atoms with Gasteiger partial charge in [0.15, 0.2) is 0 Å². The fraction of sp³-hybridized carbons (Fsp3) is 0.407. The van der Waals surface area contributed by atoms with Crippen LogP contribution < -0.4 is 5.56 Å². The van der Waals surface area contributed by atoms with Crippen LogP contribution in [0.25, 0.3) is 10.9 Å². The Balaban J connectivity index is 1.30. The van der Waals surface area contributed by atoms with Gasteiger partial charge in [0.25, 0.3) is 5.56 Å². The molecule has 1 atom stereocenters. The minimum absolute atomic E-state index is 0.128. The van der Waals surface area contributed by atoms with E-state index in [4.69, 9.17) is 16.3 Å². The second kappa shape index (κ2) is 9.90. The van der Waals surface area contributed by atoms with Crippen molar-refractivity contribution in [2.45, 2.75) is 38.4 Å². The third kappa shape index (κ3) is 4.76. The van der Waals surface area contributed by atoms with Crippen molar-refractivity contribution >= 4 is 28.5 Å². The minimum Gasteiger partial charge on any atom is -0.468 e. The molecule has 1 unspecified atom stereocenters. The van der Waals surface area contributed by atoms with E-state index in [9.17, 15) is 9.59 Å². The van der Waals surface area contributed by atoms with Gasteiger partial charge in [-0.2, -0.15) is 0 Å². The smallest absolute Gasteiger partial charge is 0.325 e. The average molecular weight is 480 g/mol. The maximum absolute atomic E-state index is 13.3. The number of rotatable bonds is 5. The summed E-state index contributed by atoms with van der Waals surface area (Å²) in [6.45, 7) is 4.30. The highest BCUT2D eigenvalue weighted by molar-refractivity contribution is 6.31. The maximum Gasteiger partial charge on any atom is 0.325 e. The molecule has 0 radical (unpaired) electrons. The Morgan fingerprint density at radius 3 is 2.59 bits per heavy atom. The lowest BCUT2D eigenvalue weighted by atomic mass is 9.87. The van der Waals surface area contributed by atoms with Gasteiger partial charge >= 0.3 is 5.97 Å². The topological polar surface area (TPSA) is 54.8 Å². The van der Waals surface area contributed by atoms with Crippen LogP contribution in [-0.2, 0) is 35.5 Å². The Morgan fingerprint density at radius 1 is 1.06 bits per heavy atom. The van der Waals surface area contributed by atoms with Crippen molar-refractivity contribution < 1.29 is 9.53 Å². The molecular weight excluding hydrogens is 450 g/mol. The molecule has 0 N–H and O–H groups in total. The lowest BCUT2D eigenvalue weighted by Crippen LogP contribution is -2.51. The molecule has 0 amide bonds. The molecule has 2 aromatic carbocycles. The second-order valence-corrected chi connectivity index (χ2v) is 9.75. The number of piperazine rings is 1. The van der Waals surface area contributed by atoms with E-state index in [1.807, 2.05) is 18.2 Å². The SMILES string of the molecule is COC(=O)Cn1c(=O)c(CN2CCN(C3CCc4ccccc4C3)CC2)cc2ccc(Cl)cc21. The molecule has 178 valence electrons. The third-order valence-corrected chi connectivity index (χ3v) is 7.52. The average Bonchev–Trinajstić information content (AvgIpc) is 2.87. The van der Waals surface area contributed by atoms with Crippen molar-refractivity contribution in [2.24, 2.45) is 0 Å². The molecule has 7 heteroatoms. The number of pyridine rings is 1. The summed E-state index contributed by atoms with van der Waals surface area (Å²) >= 11 is 6.17. The first-order valence-corrected chi connectivity index (χ1v) is 12.3. The van der Waals surface area contributed by atoms with Crippen LogP contribution in [0.5, 0.6) is 0 Å². The molecule has 0 spiro atoms. The van der Waals surface area contributed by atoms with Gasteiger partial charge in [-0.15, -0.1) is 0 Å². The standard InChI is InChI=1S/C27H30ClN3O3/c1-34-26(32)18-31-25-16-23(28)8-6-21(25)14-22(27(31)33)17-29-10-12-30(13-11-29)24-9-7-19-4-2-3-5-20(19)15-24/h2-6,8,14,16,24H,7,9-13,15,17-18H2,1H3. The fourth-order valence-electron chi connectivity index (χ4n) is 5.39. The molecule has 1 aromatic heterocycles. The molecule has 0 bridgehead atoms. The number of ether oxygens (including phenoxy) is 1. The number of aryl methyl sites for hydroxylation is 1. The van der Waals surface area contributed by atoms with E-state index >= 15 is 0 Å². The number of carbonyl (C=O) groups is 1. The maximum atomic E-state index is 13.3. The van der Waals surface area contributed by atoms with E-state index in [2.05, 4.69) is 34.1 Å². The van der Waals surface area contributed by atoms with Gasteiger partial charge in [0.2, 0.25) is 0 Å². The third-order valence-electron chi connectivity index (χ3n) is 7.29. The molecule has 2 aliphatic rings. The first-order chi connectivity index (χ1) is 16.5. The van der Waals surface area contributed by atoms with Gasteiger partial charge in [-0.05, 0) is 54.0 Å². The normalized spacial score (nSPS) is 19.2. The van der Waals surface area contributed by atoms with Crippen LogP contribution in [-0.4, -0.2) is 59.7 Å². The van der Waals surface area contributed by atoms with E-state index in [0.717, 1.165) is 44.4 Å². The van der Waals surface area contributed by atoms with Crippen LogP contribution in [0.15, 0.2) is 53.3 Å². The van der Waals surface area contributed by atoms with E-state index < -0.39 is 5.97 Å². The zero-order chi connectivity index (χ0) is 23.7. The number of fused-ring (bicyclic) bond motifs is 2. The van der Waals surface area contributed by atoms with Crippen molar-refractivity contribution in [3.05, 3.63) is 80.6 Å². The number of benzene rings is 2. The van der Waals surface area contributed by atoms with Crippen LogP contribution in [0.1, 0.15) is 23.1 Å². The number of hydrogen-bond acceptors (Lipinski definition) is 5. The van der Waals surface area contributed by atoms with Crippen molar-refractivity contribution in [3.8, 4) is 0 Å². The summed E-state index contributed by atoms with van der Waals surface area (Å²) in [7, 11) is 1.33. The lowest BCUT2D eigenvalue weighted by Gasteiger charge is -2.41. The number of halogens is 1. The Kier molecular flexibility index (Phi) is 6.73. The Bertz CT molecular complexity index is 1260. The van der Waals surface area contributed by atoms with Crippen LogP contribution in [0.4, 0.5) is 0 Å². The van der Waals surface area contributed by atoms with Crippen LogP contribution in [0, 0.1) is 0 Å². The van der Waals surface area contributed by atoms with Crippen molar-refractivity contribution in [1.29, 1.82) is 0 Å². The molecular formula is C27H30ClN3O3. The summed E-state index contributed by atoms with van der Waals surface area (Å²) < 4.78 is 6.31. The van der Waals surface area contributed by atoms with Gasteiger partial charge in [-0.25, -0.2) is 0 Å². The summed E-state index contributed by atoms with van der Waals surface area (Å²) in [6.07, 6.45) is 3.49. The number of nitrogens with zero attached hydrogens (tertiary/aromatic N) is 3. The first kappa shape index (κ1) is 23.1. The number of esters is 1. The quantitative estimate of drug-likeness (QED) is 0.524. The highest BCUT2D eigenvalue weighted by atomic mass is 35.5. The molecule has 1 fully saturated rings. The van der Waals surface area contributed by atoms with Crippen LogP contribution in [0.3, 0.4) is 0 Å². The monoisotopic (exact) mass is 479 g/mol. The summed E-state index contributed by atoms with van der Waals surface area (Å²) in [5.74, 6) is -0.455. The van der Waals surface area contributed by atoms with E-state index in [0.29, 0.717) is 28.7 Å². The molecule has 2 heterocycles. The predicted octanol–water partition coefficient (Wildman–Crippen LogP) is 3.50. The van der Waals surface area contributed by atoms with Gasteiger partial charge in [-0.1, -0.05) is 41.9 Å². The summed E-state index contributed by atoms with van der Waals surface area (Å²) in [4.78, 5) is 30.3. The number of methoxy groups -OCH3 is 1. The lowest BCUT2D eigenvalue weighted by molar-refractivity contribution is -0.141. The van der Waals surface area contributed by atoms with Gasteiger partial charge < -0.3 is 4.74 Å². The van der Waals surface area contributed by atoms with Crippen molar-refractivity contribution in [1.82, 2.24) is 14.4 Å². The van der Waals surface area contributed by atoms with E-state index in [1.54, 1.807) is 6.07 Å². The summed E-state index contributed by atoms with van der Waals surface area (Å²) in [5.41, 5.74) is 4.17. The molecule has 0 saturated carbocycles. The molecule has 3 aromatic rings. The Morgan fingerprint density at radius 2 is 1.82 bits per heavy atom. The number of aromatic nitrogens is 1. The molecule has 1 saturated heterocycles. The van der Waals surface area contributed by atoms with Gasteiger partial charge in [0, 0.05) is 49.4 Å². The van der Waals surface area contributed by atoms with Crippen LogP contribution in [0.2, 0.25) is 5.02 Å². The summed E-state index contributed by atoms with van der Waals surface area (Å²) in [5, 5.41) is 1.42. The largest absolute Gasteiger partial charge is 0.468 e. The minimum atomic E-state index is -0.455. The van der Waals surface area contributed by atoms with E-state index in [-0.39, 0.29) is 12.1 Å². The predicted molar refractivity (Wildman–Crippen MR) is 134 cm³/mol. The molecule has 5 rings (SSSR count). The van der Waals surface area contributed by atoms with Crippen molar-refractivity contribution in [2.75, 3.05) is 33.3 Å². The molecule has 1 aliphatic carbocycles. The summed E-state index contributed by atoms with van der Waals surface area (Å²) in [6, 6.07) is 16.8. The number of hydrogen-bond donors (Lipinski definition) is 0. The Labute approximate surface area is 204 Å². The molecule has 6 nitrogen and oxygen atoms in total. The fourth-order valence-corrected chi connectivity index (χ4v) is 5.55. The van der Waals surface area contributed by atoms with Gasteiger partial charge in [0.05, 0.1) is 12.6 Å². The zero-order valence-corrected chi connectivity index (χ0v) is 20.3. The Hall–Kier alpha value is -2.67. The number of carbonyl (C=O) groups excluding carboxylic acids is 1. The van der Waals surface area contributed by atoms with Crippen molar-refractivity contribution in [3.63, 3.8) is 0 Å². The molecule has 1 aliphatic heterocycles. The zero-order valence-electron chi connectivity index (χ0n) is 19.5. The highest BCUT2D eigenvalue weighted by Gasteiger charge is 2.27. The molecule has 34 heavy (non-hydrogen) atoms. The van der Waals surface area contributed by atoms with Crippen LogP contribution >= 0.6 is 11.6 Å².